The van der Waals surface area contributed by atoms with E-state index in [1.165, 1.54) is 0 Å². The molecular weight excluding hydrogens is 232 g/mol. The van der Waals surface area contributed by atoms with Crippen LogP contribution in [-0.4, -0.2) is 28.4 Å². The first-order valence-electron chi connectivity index (χ1n) is 5.86. The fourth-order valence-electron chi connectivity index (χ4n) is 2.98. The second-order valence-electron chi connectivity index (χ2n) is 4.63. The van der Waals surface area contributed by atoms with Crippen LogP contribution in [0.15, 0.2) is 0 Å². The molecule has 0 N–H and O–H groups in total. The van der Waals surface area contributed by atoms with Gasteiger partial charge in [0.2, 0.25) is 0 Å². The molecule has 0 aromatic heterocycles. The highest BCUT2D eigenvalue weighted by Gasteiger charge is 2.55. The Labute approximate surface area is 107 Å². The second kappa shape index (κ2) is 3.69. The van der Waals surface area contributed by atoms with Gasteiger partial charge in [-0.1, -0.05) is 12.1 Å². The maximum atomic E-state index is 5.53. The van der Waals surface area contributed by atoms with Crippen LogP contribution in [0.3, 0.4) is 0 Å². The fourth-order valence-corrected chi connectivity index (χ4v) is 2.98. The van der Waals surface area contributed by atoms with Crippen molar-refractivity contribution in [3.05, 3.63) is 34.4 Å². The third kappa shape index (κ3) is 1.15. The molecule has 1 aromatic carbocycles. The van der Waals surface area contributed by atoms with Crippen LogP contribution in [-0.2, 0) is 43.4 Å². The van der Waals surface area contributed by atoms with Crippen molar-refractivity contribution in [3.8, 4) is 0 Å². The van der Waals surface area contributed by atoms with Gasteiger partial charge in [0, 0.05) is 63.5 Å². The van der Waals surface area contributed by atoms with Crippen LogP contribution < -0.4 is 0 Å². The number of hydrogen-bond donors (Lipinski definition) is 0. The molecule has 2 aliphatic carbocycles. The molecule has 0 saturated heterocycles. The Morgan fingerprint density at radius 3 is 1.33 bits per heavy atom. The van der Waals surface area contributed by atoms with Gasteiger partial charge in [-0.2, -0.15) is 0 Å². The topological polar surface area (TPSA) is 36.9 Å². The Kier molecular flexibility index (Phi) is 2.45. The SMILES string of the molecule is COC1(OC)Cc2c#cc3c(c21)C(OC)(OC)C3. The largest absolute Gasteiger partial charge is 0.349 e. The molecule has 0 amide bonds. The van der Waals surface area contributed by atoms with E-state index in [4.69, 9.17) is 18.9 Å². The van der Waals surface area contributed by atoms with Gasteiger partial charge < -0.3 is 18.9 Å². The summed E-state index contributed by atoms with van der Waals surface area (Å²) in [6.07, 6.45) is 1.37. The van der Waals surface area contributed by atoms with Crippen LogP contribution in [0.2, 0.25) is 0 Å². The molecule has 0 fully saturated rings. The van der Waals surface area contributed by atoms with Crippen LogP contribution in [0.4, 0.5) is 0 Å². The minimum Gasteiger partial charge on any atom is -0.349 e. The van der Waals surface area contributed by atoms with E-state index in [0.717, 1.165) is 22.3 Å². The van der Waals surface area contributed by atoms with Crippen molar-refractivity contribution in [2.75, 3.05) is 28.4 Å². The van der Waals surface area contributed by atoms with Gasteiger partial charge in [0.05, 0.1) is 0 Å². The average Bonchev–Trinajstić information content (AvgIpc) is 2.37. The Bertz CT molecular complexity index is 442. The summed E-state index contributed by atoms with van der Waals surface area (Å²) in [5.74, 6) is -1.37. The Hall–Kier alpha value is -1.12. The van der Waals surface area contributed by atoms with Gasteiger partial charge in [-0.05, 0) is 0 Å². The van der Waals surface area contributed by atoms with E-state index in [2.05, 4.69) is 12.1 Å². The molecule has 0 atom stereocenters. The molecule has 96 valence electrons. The molecule has 0 radical (unpaired) electrons. The van der Waals surface area contributed by atoms with E-state index in [9.17, 15) is 0 Å². The quantitative estimate of drug-likeness (QED) is 0.752. The lowest BCUT2D eigenvalue weighted by atomic mass is 9.69. The molecule has 0 spiro atoms. The summed E-state index contributed by atoms with van der Waals surface area (Å²) in [6.45, 7) is 0. The molecule has 1 aromatic rings. The first-order chi connectivity index (χ1) is 8.66. The van der Waals surface area contributed by atoms with E-state index in [-0.39, 0.29) is 0 Å². The molecule has 4 nitrogen and oxygen atoms in total. The summed E-state index contributed by atoms with van der Waals surface area (Å²) >= 11 is 0. The fraction of sp³-hybridized carbons (Fsp3) is 0.571. The summed E-state index contributed by atoms with van der Waals surface area (Å²) in [7, 11) is 6.59. The zero-order valence-corrected chi connectivity index (χ0v) is 11.0. The van der Waals surface area contributed by atoms with Crippen molar-refractivity contribution in [2.24, 2.45) is 0 Å². The summed E-state index contributed by atoms with van der Waals surface area (Å²) in [6, 6.07) is 6.32. The molecule has 0 saturated carbocycles. The maximum Gasteiger partial charge on any atom is 0.200 e. The number of hydrogen-bond acceptors (Lipinski definition) is 4. The smallest absolute Gasteiger partial charge is 0.200 e. The van der Waals surface area contributed by atoms with Crippen LogP contribution in [0, 0.1) is 12.1 Å². The van der Waals surface area contributed by atoms with E-state index in [0.29, 0.717) is 12.8 Å². The summed E-state index contributed by atoms with van der Waals surface area (Å²) in [5, 5.41) is 0. The first kappa shape index (κ1) is 11.9. The Morgan fingerprint density at radius 1 is 0.722 bits per heavy atom. The van der Waals surface area contributed by atoms with Crippen molar-refractivity contribution in [3.63, 3.8) is 0 Å². The maximum absolute atomic E-state index is 5.53. The molecule has 18 heavy (non-hydrogen) atoms. The number of rotatable bonds is 4. The van der Waals surface area contributed by atoms with E-state index in [1.54, 1.807) is 28.4 Å². The van der Waals surface area contributed by atoms with Gasteiger partial charge >= 0.3 is 0 Å². The molecule has 0 aliphatic heterocycles. The molecular formula is C14H16O4. The molecule has 3 rings (SSSR count). The van der Waals surface area contributed by atoms with Gasteiger partial charge in [-0.15, -0.1) is 0 Å². The monoisotopic (exact) mass is 248 g/mol. The lowest BCUT2D eigenvalue weighted by Gasteiger charge is -2.49. The molecule has 0 unspecified atom stereocenters. The third-order valence-electron chi connectivity index (χ3n) is 4.12. The average molecular weight is 248 g/mol. The highest BCUT2D eigenvalue weighted by molar-refractivity contribution is 5.54. The molecule has 4 heteroatoms. The molecule has 0 heterocycles. The van der Waals surface area contributed by atoms with Crippen LogP contribution >= 0.6 is 0 Å². The zero-order chi connectivity index (χ0) is 13.0. The predicted octanol–water partition coefficient (Wildman–Crippen LogP) is 1.29. The third-order valence-corrected chi connectivity index (χ3v) is 4.12. The highest BCUT2D eigenvalue weighted by Crippen LogP contribution is 2.53. The normalized spacial score (nSPS) is 21.1. The van der Waals surface area contributed by atoms with Crippen molar-refractivity contribution in [1.29, 1.82) is 0 Å². The zero-order valence-electron chi connectivity index (χ0n) is 11.0. The first-order valence-corrected chi connectivity index (χ1v) is 5.86. The van der Waals surface area contributed by atoms with Crippen molar-refractivity contribution in [1.82, 2.24) is 0 Å². The second-order valence-corrected chi connectivity index (χ2v) is 4.63. The minimum absolute atomic E-state index is 0.683. The predicted molar refractivity (Wildman–Crippen MR) is 62.9 cm³/mol. The Balaban J connectivity index is 2.16. The molecule has 2 aliphatic rings. The van der Waals surface area contributed by atoms with Gasteiger partial charge in [-0.3, -0.25) is 0 Å². The van der Waals surface area contributed by atoms with Gasteiger partial charge in [-0.25, -0.2) is 0 Å². The summed E-state index contributed by atoms with van der Waals surface area (Å²) in [5.41, 5.74) is 4.12. The van der Waals surface area contributed by atoms with Crippen molar-refractivity contribution >= 4 is 0 Å². The minimum atomic E-state index is -0.687. The highest BCUT2D eigenvalue weighted by atomic mass is 16.7. The number of ether oxygens (including phenoxy) is 4. The van der Waals surface area contributed by atoms with Gasteiger partial charge in [0.15, 0.2) is 11.6 Å². The van der Waals surface area contributed by atoms with Crippen LogP contribution in [0.1, 0.15) is 22.3 Å². The summed E-state index contributed by atoms with van der Waals surface area (Å²) < 4.78 is 22.1. The number of methoxy groups -OCH3 is 4. The summed E-state index contributed by atoms with van der Waals surface area (Å²) in [4.78, 5) is 0. The van der Waals surface area contributed by atoms with Crippen molar-refractivity contribution < 1.29 is 18.9 Å². The number of fused-ring (bicyclic) bond motifs is 3. The molecule has 0 bridgehead atoms. The van der Waals surface area contributed by atoms with Crippen molar-refractivity contribution in [2.45, 2.75) is 24.4 Å². The van der Waals surface area contributed by atoms with Crippen LogP contribution in [0.5, 0.6) is 0 Å². The van der Waals surface area contributed by atoms with Crippen LogP contribution in [0.25, 0.3) is 0 Å². The standard InChI is InChI=1S/C14H16O4/c1-15-13(16-2)7-9-5-6-10-8-14(17-3,18-4)12(10)11(9)13/h7-8H2,1-4H3. The van der Waals surface area contributed by atoms with Gasteiger partial charge in [0.1, 0.15) is 0 Å². The van der Waals surface area contributed by atoms with E-state index >= 15 is 0 Å². The van der Waals surface area contributed by atoms with E-state index < -0.39 is 11.6 Å². The van der Waals surface area contributed by atoms with Gasteiger partial charge in [0.25, 0.3) is 0 Å². The Morgan fingerprint density at radius 2 is 1.06 bits per heavy atom. The van der Waals surface area contributed by atoms with E-state index in [1.807, 2.05) is 0 Å². The lowest BCUT2D eigenvalue weighted by Crippen LogP contribution is -2.51. The lowest BCUT2D eigenvalue weighted by molar-refractivity contribution is -0.253.